The quantitative estimate of drug-likeness (QED) is 0.692. The summed E-state index contributed by atoms with van der Waals surface area (Å²) in [6.07, 6.45) is 1.58. The van der Waals surface area contributed by atoms with Crippen LogP contribution in [0.15, 0.2) is 46.0 Å². The van der Waals surface area contributed by atoms with Crippen LogP contribution < -0.4 is 0 Å². The smallest absolute Gasteiger partial charge is 0.352 e. The second-order valence-electron chi connectivity index (χ2n) is 4.94. The second kappa shape index (κ2) is 5.77. The number of nitrogens with one attached hydrogen (secondary N) is 1. The lowest BCUT2D eigenvalue weighted by Gasteiger charge is -2.11. The van der Waals surface area contributed by atoms with Crippen molar-refractivity contribution in [3.8, 4) is 0 Å². The molecule has 1 aliphatic heterocycles. The van der Waals surface area contributed by atoms with Gasteiger partial charge in [-0.1, -0.05) is 11.6 Å². The monoisotopic (exact) mass is 316 g/mol. The van der Waals surface area contributed by atoms with E-state index in [2.05, 4.69) is 4.99 Å². The maximum atomic E-state index is 11.4. The molecule has 2 heterocycles. The molecule has 0 amide bonds. The Balaban J connectivity index is 2.04. The molecule has 112 valence electrons. The summed E-state index contributed by atoms with van der Waals surface area (Å²) in [5.74, 6) is -0.383. The number of hydrogen-bond donors (Lipinski definition) is 1. The molecule has 1 aromatic heterocycles. The van der Waals surface area contributed by atoms with Crippen LogP contribution in [-0.4, -0.2) is 24.0 Å². The van der Waals surface area contributed by atoms with Crippen LogP contribution in [0.3, 0.4) is 0 Å². The van der Waals surface area contributed by atoms with E-state index in [0.29, 0.717) is 27.7 Å². The van der Waals surface area contributed by atoms with Gasteiger partial charge in [-0.15, -0.1) is 0 Å². The lowest BCUT2D eigenvalue weighted by molar-refractivity contribution is -0.132. The maximum absolute atomic E-state index is 11.4. The number of halogens is 1. The van der Waals surface area contributed by atoms with Crippen LogP contribution in [0.5, 0.6) is 0 Å². The first-order chi connectivity index (χ1) is 10.6. The average Bonchev–Trinajstić information content (AvgIpc) is 3.13. The molecule has 22 heavy (non-hydrogen) atoms. The number of nitrogens with zero attached hydrogens (tertiary/aromatic N) is 1. The Morgan fingerprint density at radius 2 is 2.23 bits per heavy atom. The number of carbonyl (C=O) groups excluding carboxylic acids is 1. The van der Waals surface area contributed by atoms with Crippen molar-refractivity contribution in [1.29, 1.82) is 5.41 Å². The minimum atomic E-state index is -0.595. The fourth-order valence-electron chi connectivity index (χ4n) is 2.33. The third-order valence-electron chi connectivity index (χ3n) is 3.48. The van der Waals surface area contributed by atoms with Crippen LogP contribution >= 0.6 is 11.6 Å². The van der Waals surface area contributed by atoms with Gasteiger partial charge in [-0.2, -0.15) is 0 Å². The van der Waals surface area contributed by atoms with Gasteiger partial charge in [0.25, 0.3) is 0 Å². The zero-order chi connectivity index (χ0) is 15.7. The number of cyclic esters (lactones) is 1. The molecule has 1 saturated heterocycles. The number of ether oxygens (including phenoxy) is 1. The van der Waals surface area contributed by atoms with Gasteiger partial charge in [0.05, 0.1) is 23.6 Å². The number of rotatable bonds is 3. The first-order valence-electron chi connectivity index (χ1n) is 6.70. The van der Waals surface area contributed by atoms with E-state index in [0.717, 1.165) is 0 Å². The zero-order valence-electron chi connectivity index (χ0n) is 11.8. The topological polar surface area (TPSA) is 75.7 Å². The highest BCUT2D eigenvalue weighted by Crippen LogP contribution is 2.34. The van der Waals surface area contributed by atoms with Crippen LogP contribution in [0.25, 0.3) is 0 Å². The Bertz CT molecular complexity index is 766. The summed E-state index contributed by atoms with van der Waals surface area (Å²) >= 11 is 6.05. The van der Waals surface area contributed by atoms with Gasteiger partial charge in [-0.05, 0) is 42.8 Å². The van der Waals surface area contributed by atoms with Gasteiger partial charge in [0.2, 0.25) is 0 Å². The summed E-state index contributed by atoms with van der Waals surface area (Å²) in [4.78, 5) is 16.0. The molecular formula is C16H13ClN2O3. The Morgan fingerprint density at radius 3 is 2.86 bits per heavy atom. The van der Waals surface area contributed by atoms with Crippen molar-refractivity contribution in [2.24, 2.45) is 4.99 Å². The Labute approximate surface area is 132 Å². The van der Waals surface area contributed by atoms with Crippen molar-refractivity contribution < 1.29 is 13.9 Å². The highest BCUT2D eigenvalue weighted by atomic mass is 35.5. The minimum absolute atomic E-state index is 0.0747. The summed E-state index contributed by atoms with van der Waals surface area (Å²) in [6, 6.07) is 8.81. The van der Waals surface area contributed by atoms with E-state index in [4.69, 9.17) is 26.2 Å². The number of furan rings is 1. The summed E-state index contributed by atoms with van der Waals surface area (Å²) < 4.78 is 10.2. The first kappa shape index (κ1) is 14.5. The lowest BCUT2D eigenvalue weighted by atomic mass is 9.95. The van der Waals surface area contributed by atoms with Crippen molar-refractivity contribution in [1.82, 2.24) is 0 Å². The summed E-state index contributed by atoms with van der Waals surface area (Å²) in [6.45, 7) is 1.97. The number of aliphatic imine (C=N–C) groups is 1. The Kier molecular flexibility index (Phi) is 3.81. The second-order valence-corrected chi connectivity index (χ2v) is 5.38. The standard InChI is InChI=1S/C16H13ClN2O3/c1-9(14-3-2-6-21-14)19-13-5-4-10(17)7-11(13)12-8-22-16(20)15(12)18/h2-7,12,18H,8H2,1H3/t12-/m1/s1. The van der Waals surface area contributed by atoms with E-state index >= 15 is 0 Å². The zero-order valence-corrected chi connectivity index (χ0v) is 12.6. The molecule has 0 unspecified atom stereocenters. The highest BCUT2D eigenvalue weighted by molar-refractivity contribution is 6.39. The van der Waals surface area contributed by atoms with Crippen molar-refractivity contribution in [3.63, 3.8) is 0 Å². The van der Waals surface area contributed by atoms with Gasteiger partial charge in [-0.3, -0.25) is 5.41 Å². The predicted molar refractivity (Wildman–Crippen MR) is 83.5 cm³/mol. The van der Waals surface area contributed by atoms with Gasteiger partial charge in [0.1, 0.15) is 18.1 Å². The fraction of sp³-hybridized carbons (Fsp3) is 0.188. The van der Waals surface area contributed by atoms with Gasteiger partial charge in [0.15, 0.2) is 0 Å². The molecular weight excluding hydrogens is 304 g/mol. The molecule has 2 aromatic rings. The van der Waals surface area contributed by atoms with Crippen LogP contribution in [0, 0.1) is 5.41 Å². The minimum Gasteiger partial charge on any atom is -0.463 e. The molecule has 0 aliphatic carbocycles. The van der Waals surface area contributed by atoms with E-state index < -0.39 is 11.9 Å². The SMILES string of the molecule is CC(=Nc1ccc(Cl)cc1[C@H]1COC(=O)C1=N)c1ccco1. The average molecular weight is 317 g/mol. The van der Waals surface area contributed by atoms with E-state index in [9.17, 15) is 4.79 Å². The molecule has 1 aliphatic rings. The molecule has 1 fully saturated rings. The normalized spacial score (nSPS) is 18.6. The summed E-state index contributed by atoms with van der Waals surface area (Å²) in [5, 5.41) is 8.38. The van der Waals surface area contributed by atoms with Gasteiger partial charge >= 0.3 is 5.97 Å². The molecule has 5 nitrogen and oxygen atoms in total. The molecule has 3 rings (SSSR count). The van der Waals surface area contributed by atoms with Crippen LogP contribution in [0.2, 0.25) is 5.02 Å². The lowest BCUT2D eigenvalue weighted by Crippen LogP contribution is -2.12. The molecule has 6 heteroatoms. The van der Waals surface area contributed by atoms with Crippen molar-refractivity contribution >= 4 is 34.7 Å². The molecule has 0 spiro atoms. The van der Waals surface area contributed by atoms with Crippen molar-refractivity contribution in [2.45, 2.75) is 12.8 Å². The predicted octanol–water partition coefficient (Wildman–Crippen LogP) is 3.73. The number of carbonyl (C=O) groups is 1. The number of esters is 1. The van der Waals surface area contributed by atoms with Gasteiger partial charge < -0.3 is 9.15 Å². The molecule has 1 N–H and O–H groups in total. The fourth-order valence-corrected chi connectivity index (χ4v) is 2.51. The third-order valence-corrected chi connectivity index (χ3v) is 3.72. The molecule has 1 aromatic carbocycles. The van der Waals surface area contributed by atoms with E-state index in [-0.39, 0.29) is 12.3 Å². The molecule has 1 atom stereocenters. The Hall–Kier alpha value is -2.40. The van der Waals surface area contributed by atoms with Gasteiger partial charge in [-0.25, -0.2) is 9.79 Å². The number of hydrogen-bond acceptors (Lipinski definition) is 5. The molecule has 0 radical (unpaired) electrons. The van der Waals surface area contributed by atoms with E-state index in [1.54, 1.807) is 30.5 Å². The summed E-state index contributed by atoms with van der Waals surface area (Å²) in [5.41, 5.74) is 1.97. The van der Waals surface area contributed by atoms with Crippen molar-refractivity contribution in [2.75, 3.05) is 6.61 Å². The molecule has 0 saturated carbocycles. The first-order valence-corrected chi connectivity index (χ1v) is 7.08. The maximum Gasteiger partial charge on any atom is 0.352 e. The van der Waals surface area contributed by atoms with Crippen LogP contribution in [-0.2, 0) is 9.53 Å². The third kappa shape index (κ3) is 2.67. The van der Waals surface area contributed by atoms with Crippen LogP contribution in [0.1, 0.15) is 24.2 Å². The highest BCUT2D eigenvalue weighted by Gasteiger charge is 2.33. The summed E-state index contributed by atoms with van der Waals surface area (Å²) in [7, 11) is 0. The van der Waals surface area contributed by atoms with E-state index in [1.807, 2.05) is 13.0 Å². The largest absolute Gasteiger partial charge is 0.463 e. The van der Waals surface area contributed by atoms with Crippen LogP contribution in [0.4, 0.5) is 5.69 Å². The molecule has 0 bridgehead atoms. The van der Waals surface area contributed by atoms with Crippen molar-refractivity contribution in [3.05, 3.63) is 52.9 Å². The number of benzene rings is 1. The van der Waals surface area contributed by atoms with E-state index in [1.165, 1.54) is 0 Å². The van der Waals surface area contributed by atoms with Gasteiger partial charge in [0, 0.05) is 5.02 Å². The Morgan fingerprint density at radius 1 is 1.41 bits per heavy atom.